The van der Waals surface area contributed by atoms with Crippen molar-refractivity contribution in [2.75, 3.05) is 38.5 Å². The van der Waals surface area contributed by atoms with Gasteiger partial charge in [-0.15, -0.1) is 11.3 Å². The van der Waals surface area contributed by atoms with Crippen molar-refractivity contribution in [2.24, 2.45) is 5.92 Å². The Balaban J connectivity index is 1.40. The molecule has 5 rings (SSSR count). The van der Waals surface area contributed by atoms with Gasteiger partial charge in [-0.25, -0.2) is 9.97 Å². The summed E-state index contributed by atoms with van der Waals surface area (Å²) in [6.07, 6.45) is 4.24. The van der Waals surface area contributed by atoms with Crippen LogP contribution in [0.5, 0.6) is 0 Å². The summed E-state index contributed by atoms with van der Waals surface area (Å²) in [5.41, 5.74) is 2.30. The first-order chi connectivity index (χ1) is 14.6. The van der Waals surface area contributed by atoms with Gasteiger partial charge in [-0.05, 0) is 50.1 Å². The number of hydrogen-bond donors (Lipinski definition) is 1. The summed E-state index contributed by atoms with van der Waals surface area (Å²) in [6, 6.07) is 8.08. The molecule has 1 atom stereocenters. The van der Waals surface area contributed by atoms with Gasteiger partial charge in [0.25, 0.3) is 0 Å². The minimum Gasteiger partial charge on any atom is -0.340 e. The van der Waals surface area contributed by atoms with Gasteiger partial charge in [-0.3, -0.25) is 4.79 Å². The topological polar surface area (TPSA) is 61.4 Å². The number of amides is 1. The summed E-state index contributed by atoms with van der Waals surface area (Å²) in [4.78, 5) is 28.8. The number of anilines is 2. The number of benzene rings is 1. The van der Waals surface area contributed by atoms with E-state index in [1.807, 2.05) is 24.3 Å². The molecule has 30 heavy (non-hydrogen) atoms. The van der Waals surface area contributed by atoms with Crippen molar-refractivity contribution in [1.82, 2.24) is 19.8 Å². The number of piperazine rings is 1. The van der Waals surface area contributed by atoms with Gasteiger partial charge in [-0.2, -0.15) is 0 Å². The Kier molecular flexibility index (Phi) is 5.47. The van der Waals surface area contributed by atoms with Gasteiger partial charge < -0.3 is 15.1 Å². The Bertz CT molecular complexity index is 1090. The maximum atomic E-state index is 13.1. The van der Waals surface area contributed by atoms with Gasteiger partial charge in [0, 0.05) is 47.1 Å². The average Bonchev–Trinajstić information content (AvgIpc) is 3.12. The molecule has 2 aromatic heterocycles. The number of nitrogens with zero attached hydrogens (tertiary/aromatic N) is 4. The van der Waals surface area contributed by atoms with E-state index in [4.69, 9.17) is 0 Å². The number of hydrogen-bond acceptors (Lipinski definition) is 6. The van der Waals surface area contributed by atoms with Crippen molar-refractivity contribution in [2.45, 2.75) is 19.3 Å². The second-order valence-corrected chi connectivity index (χ2v) is 10.1. The van der Waals surface area contributed by atoms with Gasteiger partial charge in [-0.1, -0.05) is 22.0 Å². The molecule has 1 N–H and O–H groups in total. The van der Waals surface area contributed by atoms with Crippen LogP contribution < -0.4 is 5.32 Å². The quantitative estimate of drug-likeness (QED) is 0.605. The lowest BCUT2D eigenvalue weighted by Gasteiger charge is -2.35. The van der Waals surface area contributed by atoms with Crippen molar-refractivity contribution >= 4 is 54.9 Å². The summed E-state index contributed by atoms with van der Waals surface area (Å²) in [5.74, 6) is 1.26. The fourth-order valence-corrected chi connectivity index (χ4v) is 6.07. The molecule has 1 aliphatic carbocycles. The van der Waals surface area contributed by atoms with E-state index >= 15 is 0 Å². The van der Waals surface area contributed by atoms with Crippen LogP contribution in [-0.2, 0) is 17.6 Å². The molecule has 1 saturated heterocycles. The predicted molar refractivity (Wildman–Crippen MR) is 124 cm³/mol. The first-order valence-electron chi connectivity index (χ1n) is 10.3. The number of aromatic nitrogens is 2. The van der Waals surface area contributed by atoms with Crippen molar-refractivity contribution < 1.29 is 4.79 Å². The van der Waals surface area contributed by atoms with Crippen molar-refractivity contribution in [3.63, 3.8) is 0 Å². The molecule has 0 spiro atoms. The molecule has 0 radical (unpaired) electrons. The third kappa shape index (κ3) is 3.84. The number of halogens is 1. The molecule has 3 aromatic rings. The monoisotopic (exact) mass is 485 g/mol. The van der Waals surface area contributed by atoms with Crippen molar-refractivity contribution in [3.05, 3.63) is 45.5 Å². The first kappa shape index (κ1) is 19.9. The maximum Gasteiger partial charge on any atom is 0.226 e. The molecule has 1 aromatic carbocycles. The molecule has 2 aliphatic rings. The number of fused-ring (bicyclic) bond motifs is 3. The summed E-state index contributed by atoms with van der Waals surface area (Å²) in [6.45, 7) is 3.62. The average molecular weight is 486 g/mol. The highest BCUT2D eigenvalue weighted by Crippen LogP contribution is 2.41. The van der Waals surface area contributed by atoms with Crippen LogP contribution in [-0.4, -0.2) is 58.9 Å². The van der Waals surface area contributed by atoms with Gasteiger partial charge >= 0.3 is 0 Å². The first-order valence-corrected chi connectivity index (χ1v) is 11.9. The van der Waals surface area contributed by atoms with E-state index in [9.17, 15) is 4.79 Å². The molecule has 0 saturated carbocycles. The number of thiophene rings is 1. The normalized spacial score (nSPS) is 19.7. The van der Waals surface area contributed by atoms with Crippen molar-refractivity contribution in [3.8, 4) is 0 Å². The Morgan fingerprint density at radius 1 is 1.23 bits per heavy atom. The summed E-state index contributed by atoms with van der Waals surface area (Å²) < 4.78 is 1.02. The van der Waals surface area contributed by atoms with Crippen LogP contribution in [0.15, 0.2) is 35.1 Å². The Morgan fingerprint density at radius 2 is 2.07 bits per heavy atom. The van der Waals surface area contributed by atoms with Crippen molar-refractivity contribution in [1.29, 1.82) is 0 Å². The number of carbonyl (C=O) groups is 1. The van der Waals surface area contributed by atoms with Crippen LogP contribution in [0.2, 0.25) is 0 Å². The number of nitrogens with one attached hydrogen (secondary N) is 1. The molecular weight excluding hydrogens is 462 g/mol. The highest BCUT2D eigenvalue weighted by Gasteiger charge is 2.32. The van der Waals surface area contributed by atoms with Crippen LogP contribution in [0.4, 0.5) is 11.5 Å². The van der Waals surface area contributed by atoms with E-state index in [0.29, 0.717) is 5.91 Å². The molecule has 1 aliphatic heterocycles. The molecular formula is C22H24BrN5OS. The molecule has 6 nitrogen and oxygen atoms in total. The lowest BCUT2D eigenvalue weighted by atomic mass is 9.86. The standard InChI is InChI=1S/C22H24BrN5OS/c1-27-7-9-28(10-8-27)22(29)14-5-6-17-18(11-14)30-21-19(17)20(24-13-25-21)26-16-4-2-3-15(23)12-16/h2-4,12-14H,5-11H2,1H3,(H,24,25,26). The number of carbonyl (C=O) groups excluding carboxylic acids is 1. The highest BCUT2D eigenvalue weighted by molar-refractivity contribution is 9.10. The Morgan fingerprint density at radius 3 is 2.87 bits per heavy atom. The summed E-state index contributed by atoms with van der Waals surface area (Å²) in [7, 11) is 2.12. The molecule has 8 heteroatoms. The minimum absolute atomic E-state index is 0.0865. The van der Waals surface area contributed by atoms with Crippen LogP contribution >= 0.6 is 27.3 Å². The second-order valence-electron chi connectivity index (χ2n) is 8.11. The van der Waals surface area contributed by atoms with Crippen LogP contribution in [0, 0.1) is 5.92 Å². The second kappa shape index (κ2) is 8.24. The highest BCUT2D eigenvalue weighted by atomic mass is 79.9. The predicted octanol–water partition coefficient (Wildman–Crippen LogP) is 4.08. The Labute approximate surface area is 188 Å². The van der Waals surface area contributed by atoms with E-state index in [2.05, 4.69) is 48.1 Å². The lowest BCUT2D eigenvalue weighted by molar-refractivity contribution is -0.137. The molecule has 1 fully saturated rings. The van der Waals surface area contributed by atoms with E-state index in [1.165, 1.54) is 10.4 Å². The zero-order valence-corrected chi connectivity index (χ0v) is 19.3. The largest absolute Gasteiger partial charge is 0.340 e. The van der Waals surface area contributed by atoms with Crippen LogP contribution in [0.3, 0.4) is 0 Å². The third-order valence-corrected chi connectivity index (χ3v) is 7.75. The van der Waals surface area contributed by atoms with Crippen LogP contribution in [0.1, 0.15) is 16.9 Å². The minimum atomic E-state index is 0.0865. The fourth-order valence-electron chi connectivity index (χ4n) is 4.40. The van der Waals surface area contributed by atoms with Gasteiger partial charge in [0.1, 0.15) is 17.0 Å². The van der Waals surface area contributed by atoms with Gasteiger partial charge in [0.05, 0.1) is 5.39 Å². The van der Waals surface area contributed by atoms with Gasteiger partial charge in [0.15, 0.2) is 0 Å². The molecule has 0 bridgehead atoms. The smallest absolute Gasteiger partial charge is 0.226 e. The molecule has 1 unspecified atom stereocenters. The SMILES string of the molecule is CN1CCN(C(=O)C2CCc3c(sc4ncnc(Nc5cccc(Br)c5)c34)C2)CC1. The molecule has 1 amide bonds. The number of aryl methyl sites for hydroxylation is 1. The van der Waals surface area contributed by atoms with Crippen LogP contribution in [0.25, 0.3) is 10.2 Å². The van der Waals surface area contributed by atoms with E-state index in [1.54, 1.807) is 17.7 Å². The maximum absolute atomic E-state index is 13.1. The molecule has 3 heterocycles. The Hall–Kier alpha value is -2.03. The van der Waals surface area contributed by atoms with E-state index in [-0.39, 0.29) is 5.92 Å². The molecule has 156 valence electrons. The zero-order chi connectivity index (χ0) is 20.7. The summed E-state index contributed by atoms with van der Waals surface area (Å²) in [5, 5.41) is 4.57. The summed E-state index contributed by atoms with van der Waals surface area (Å²) >= 11 is 5.24. The lowest BCUT2D eigenvalue weighted by Crippen LogP contribution is -2.49. The van der Waals surface area contributed by atoms with E-state index < -0.39 is 0 Å². The number of likely N-dealkylation sites (N-methyl/N-ethyl adjacent to an activating group) is 1. The van der Waals surface area contributed by atoms with E-state index in [0.717, 1.165) is 71.6 Å². The number of rotatable bonds is 3. The fraction of sp³-hybridized carbons (Fsp3) is 0.409. The zero-order valence-electron chi connectivity index (χ0n) is 16.9. The van der Waals surface area contributed by atoms with Gasteiger partial charge in [0.2, 0.25) is 5.91 Å². The third-order valence-electron chi connectivity index (χ3n) is 6.10.